The van der Waals surface area contributed by atoms with Crippen molar-refractivity contribution in [2.24, 2.45) is 0 Å². The third-order valence-corrected chi connectivity index (χ3v) is 3.41. The van der Waals surface area contributed by atoms with Gasteiger partial charge in [-0.15, -0.1) is 0 Å². The van der Waals surface area contributed by atoms with Gasteiger partial charge in [0.1, 0.15) is 0 Å². The lowest BCUT2D eigenvalue weighted by Crippen LogP contribution is -2.71. The smallest absolute Gasteiger partial charge is 0.265 e. The Balaban J connectivity index is 0.000000146. The molecule has 0 aliphatic carbocycles. The topological polar surface area (TPSA) is 29.5 Å². The van der Waals surface area contributed by atoms with Gasteiger partial charge >= 0.3 is 5.97 Å². The zero-order valence-corrected chi connectivity index (χ0v) is 10.4. The van der Waals surface area contributed by atoms with Gasteiger partial charge < -0.3 is 0 Å². The van der Waals surface area contributed by atoms with Crippen LogP contribution in [0.25, 0.3) is 0 Å². The molecule has 2 fully saturated rings. The zero-order chi connectivity index (χ0) is 14.0. The largest absolute Gasteiger partial charge is 0.379 e. The Kier molecular flexibility index (Phi) is 4.09. The van der Waals surface area contributed by atoms with E-state index in [1.165, 1.54) is 12.1 Å². The minimum atomic E-state index is -1.27. The van der Waals surface area contributed by atoms with E-state index in [2.05, 4.69) is 4.94 Å². The quantitative estimate of drug-likeness (QED) is 0.737. The van der Waals surface area contributed by atoms with Crippen molar-refractivity contribution in [2.45, 2.75) is 31.9 Å². The SMILES string of the molecule is Cc1ccc(C(=O)OF)cc1.FC1C(F)N2CCC12. The summed E-state index contributed by atoms with van der Waals surface area (Å²) in [6.45, 7) is 2.64. The van der Waals surface area contributed by atoms with Gasteiger partial charge in [-0.05, 0) is 25.5 Å². The van der Waals surface area contributed by atoms with Crippen LogP contribution in [0.4, 0.5) is 13.3 Å². The van der Waals surface area contributed by atoms with Gasteiger partial charge in [-0.3, -0.25) is 4.90 Å². The highest BCUT2D eigenvalue weighted by Gasteiger charge is 2.54. The van der Waals surface area contributed by atoms with Crippen molar-refractivity contribution in [2.75, 3.05) is 6.54 Å². The summed E-state index contributed by atoms with van der Waals surface area (Å²) in [6, 6.07) is 6.40. The first-order chi connectivity index (χ1) is 9.04. The normalized spacial score (nSPS) is 28.1. The van der Waals surface area contributed by atoms with Crippen LogP contribution >= 0.6 is 0 Å². The fourth-order valence-corrected chi connectivity index (χ4v) is 2.07. The van der Waals surface area contributed by atoms with Crippen LogP contribution in [0.3, 0.4) is 0 Å². The van der Waals surface area contributed by atoms with Crippen molar-refractivity contribution in [3.63, 3.8) is 0 Å². The molecule has 3 rings (SSSR count). The summed E-state index contributed by atoms with van der Waals surface area (Å²) in [5.74, 6) is -0.954. The first kappa shape index (κ1) is 13.9. The van der Waals surface area contributed by atoms with Gasteiger partial charge in [-0.1, -0.05) is 17.7 Å². The highest BCUT2D eigenvalue weighted by molar-refractivity contribution is 5.88. The molecule has 0 bridgehead atoms. The molecule has 0 saturated carbocycles. The zero-order valence-electron chi connectivity index (χ0n) is 10.4. The summed E-state index contributed by atoms with van der Waals surface area (Å²) in [7, 11) is 0. The highest BCUT2D eigenvalue weighted by Crippen LogP contribution is 2.39. The lowest BCUT2D eigenvalue weighted by atomic mass is 9.87. The van der Waals surface area contributed by atoms with Crippen LogP contribution in [0.2, 0.25) is 0 Å². The predicted molar refractivity (Wildman–Crippen MR) is 62.6 cm³/mol. The number of aryl methyl sites for hydroxylation is 1. The second kappa shape index (κ2) is 5.61. The van der Waals surface area contributed by atoms with Crippen molar-refractivity contribution >= 4 is 5.97 Å². The number of piperidine rings is 1. The average Bonchev–Trinajstić information content (AvgIpc) is 2.38. The molecule has 0 N–H and O–H groups in total. The van der Waals surface area contributed by atoms with Gasteiger partial charge in [0.2, 0.25) is 0 Å². The number of hydrogen-bond acceptors (Lipinski definition) is 3. The molecule has 19 heavy (non-hydrogen) atoms. The number of rotatable bonds is 1. The third kappa shape index (κ3) is 2.73. The molecule has 0 aromatic heterocycles. The van der Waals surface area contributed by atoms with Gasteiger partial charge in [-0.2, -0.15) is 0 Å². The second-order valence-electron chi connectivity index (χ2n) is 4.64. The molecule has 0 spiro atoms. The summed E-state index contributed by atoms with van der Waals surface area (Å²) in [5.41, 5.74) is 1.23. The molecule has 0 amide bonds. The summed E-state index contributed by atoms with van der Waals surface area (Å²) in [5, 5.41) is 0. The van der Waals surface area contributed by atoms with Crippen molar-refractivity contribution in [3.05, 3.63) is 35.4 Å². The van der Waals surface area contributed by atoms with E-state index in [0.29, 0.717) is 0 Å². The molecule has 3 nitrogen and oxygen atoms in total. The van der Waals surface area contributed by atoms with Gasteiger partial charge in [-0.25, -0.2) is 18.5 Å². The molecule has 104 valence electrons. The van der Waals surface area contributed by atoms with Crippen LogP contribution in [-0.2, 0) is 4.94 Å². The molecule has 3 unspecified atom stereocenters. The van der Waals surface area contributed by atoms with E-state index in [1.807, 2.05) is 6.92 Å². The van der Waals surface area contributed by atoms with E-state index in [1.54, 1.807) is 17.0 Å². The predicted octanol–water partition coefficient (Wildman–Crippen LogP) is 2.74. The lowest BCUT2D eigenvalue weighted by Gasteiger charge is -2.54. The molecule has 1 aromatic carbocycles. The Morgan fingerprint density at radius 3 is 2.26 bits per heavy atom. The maximum absolute atomic E-state index is 12.2. The molecular formula is C13H14F3NO2. The number of carbonyl (C=O) groups is 1. The molecule has 2 saturated heterocycles. The van der Waals surface area contributed by atoms with E-state index in [4.69, 9.17) is 0 Å². The maximum Gasteiger partial charge on any atom is 0.379 e. The number of hydrogen-bond donors (Lipinski definition) is 0. The van der Waals surface area contributed by atoms with Crippen molar-refractivity contribution < 1.29 is 23.0 Å². The van der Waals surface area contributed by atoms with Crippen molar-refractivity contribution in [3.8, 4) is 0 Å². The number of carbonyl (C=O) groups excluding carboxylic acids is 1. The Hall–Kier alpha value is -1.56. The van der Waals surface area contributed by atoms with E-state index < -0.39 is 18.4 Å². The third-order valence-electron chi connectivity index (χ3n) is 3.41. The fraction of sp³-hybridized carbons (Fsp3) is 0.462. The Bertz CT molecular complexity index is 426. The van der Waals surface area contributed by atoms with Crippen LogP contribution in [0.15, 0.2) is 24.3 Å². The van der Waals surface area contributed by atoms with E-state index >= 15 is 0 Å². The number of alkyl halides is 2. The van der Waals surface area contributed by atoms with Crippen molar-refractivity contribution in [1.29, 1.82) is 0 Å². The maximum atomic E-state index is 12.2. The highest BCUT2D eigenvalue weighted by atomic mass is 19.3. The monoisotopic (exact) mass is 273 g/mol. The Morgan fingerprint density at radius 2 is 1.95 bits per heavy atom. The number of benzene rings is 1. The summed E-state index contributed by atoms with van der Waals surface area (Å²) >= 11 is 0. The van der Waals surface area contributed by atoms with Gasteiger partial charge in [0.15, 0.2) is 12.5 Å². The van der Waals surface area contributed by atoms with Crippen LogP contribution in [0.1, 0.15) is 22.3 Å². The van der Waals surface area contributed by atoms with Gasteiger partial charge in [0.25, 0.3) is 0 Å². The number of fused-ring (bicyclic) bond motifs is 1. The summed E-state index contributed by atoms with van der Waals surface area (Å²) in [6.07, 6.45) is -1.60. The molecule has 2 aliphatic rings. The second-order valence-corrected chi connectivity index (χ2v) is 4.64. The minimum absolute atomic E-state index is 0.0509. The van der Waals surface area contributed by atoms with Gasteiger partial charge in [0.05, 0.1) is 5.56 Å². The number of halogens is 3. The van der Waals surface area contributed by atoms with Crippen molar-refractivity contribution in [1.82, 2.24) is 4.90 Å². The van der Waals surface area contributed by atoms with Crippen LogP contribution in [0.5, 0.6) is 0 Å². The molecule has 6 heteroatoms. The van der Waals surface area contributed by atoms with E-state index in [0.717, 1.165) is 18.5 Å². The van der Waals surface area contributed by atoms with E-state index in [-0.39, 0.29) is 11.6 Å². The average molecular weight is 273 g/mol. The first-order valence-corrected chi connectivity index (χ1v) is 5.98. The summed E-state index contributed by atoms with van der Waals surface area (Å²) in [4.78, 5) is 15.1. The molecule has 1 aromatic rings. The van der Waals surface area contributed by atoms with Gasteiger partial charge in [0, 0.05) is 17.1 Å². The Labute approximate surface area is 108 Å². The molecule has 3 atom stereocenters. The van der Waals surface area contributed by atoms with Crippen LogP contribution in [0, 0.1) is 6.92 Å². The number of nitrogens with zero attached hydrogens (tertiary/aromatic N) is 1. The summed E-state index contributed by atoms with van der Waals surface area (Å²) < 4.78 is 35.7. The molecule has 2 heterocycles. The Morgan fingerprint density at radius 1 is 1.32 bits per heavy atom. The standard InChI is InChI=1S/C8H7FO2.C5H7F2N/c1-6-2-4-7(5-3-6)8(10)11-9;6-4-3-1-2-8(3)5(4)7/h2-5H,1H3;3-5H,1-2H2. The molecule has 2 aliphatic heterocycles. The molecule has 0 radical (unpaired) electrons. The van der Waals surface area contributed by atoms with Crippen LogP contribution < -0.4 is 0 Å². The first-order valence-electron chi connectivity index (χ1n) is 5.98. The minimum Gasteiger partial charge on any atom is -0.265 e. The lowest BCUT2D eigenvalue weighted by molar-refractivity contribution is -0.192. The van der Waals surface area contributed by atoms with Crippen LogP contribution in [-0.4, -0.2) is 35.9 Å². The van der Waals surface area contributed by atoms with E-state index in [9.17, 15) is 18.1 Å². The fourth-order valence-electron chi connectivity index (χ4n) is 2.07. The molecular weight excluding hydrogens is 259 g/mol.